The highest BCUT2D eigenvalue weighted by atomic mass is 35.5. The van der Waals surface area contributed by atoms with Crippen LogP contribution in [0.3, 0.4) is 0 Å². The van der Waals surface area contributed by atoms with Gasteiger partial charge < -0.3 is 10.2 Å². The molecule has 0 spiro atoms. The molecule has 2 amide bonds. The monoisotopic (exact) mass is 232 g/mol. The van der Waals surface area contributed by atoms with Gasteiger partial charge in [-0.15, -0.1) is 11.6 Å². The molecule has 0 bridgehead atoms. The molecule has 0 saturated carbocycles. The van der Waals surface area contributed by atoms with Crippen LogP contribution in [0.5, 0.6) is 0 Å². The summed E-state index contributed by atoms with van der Waals surface area (Å²) in [4.78, 5) is 24.4. The number of likely N-dealkylation sites (tertiary alicyclic amines) is 1. The highest BCUT2D eigenvalue weighted by Gasteiger charge is 2.29. The summed E-state index contributed by atoms with van der Waals surface area (Å²) in [6, 6.07) is 0. The molecule has 1 unspecified atom stereocenters. The average Bonchev–Trinajstić information content (AvgIpc) is 2.25. The molecule has 0 aliphatic carbocycles. The zero-order chi connectivity index (χ0) is 11.6. The lowest BCUT2D eigenvalue weighted by atomic mass is 10.1. The van der Waals surface area contributed by atoms with Crippen LogP contribution in [0.2, 0.25) is 0 Å². The van der Waals surface area contributed by atoms with Crippen LogP contribution in [0.15, 0.2) is 0 Å². The average molecular weight is 233 g/mol. The van der Waals surface area contributed by atoms with Crippen molar-refractivity contribution < 1.29 is 9.59 Å². The van der Waals surface area contributed by atoms with E-state index in [0.717, 1.165) is 0 Å². The summed E-state index contributed by atoms with van der Waals surface area (Å²) in [5.41, 5.74) is -0.264. The predicted molar refractivity (Wildman–Crippen MR) is 58.7 cm³/mol. The number of hydrogen-bond donors (Lipinski definition) is 1. The Kier molecular flexibility index (Phi) is 3.60. The normalized spacial score (nSPS) is 22.0. The van der Waals surface area contributed by atoms with E-state index in [4.69, 9.17) is 11.6 Å². The van der Waals surface area contributed by atoms with Crippen molar-refractivity contribution in [3.63, 3.8) is 0 Å². The number of carbonyl (C=O) groups is 2. The highest BCUT2D eigenvalue weighted by molar-refractivity contribution is 6.22. The minimum absolute atomic E-state index is 0.0425. The van der Waals surface area contributed by atoms with Crippen LogP contribution in [0.4, 0.5) is 0 Å². The molecule has 0 aromatic rings. The summed E-state index contributed by atoms with van der Waals surface area (Å²) in [5.74, 6) is -0.180. The molecule has 15 heavy (non-hydrogen) atoms. The van der Waals surface area contributed by atoms with E-state index < -0.39 is 0 Å². The Balaban J connectivity index is 2.42. The van der Waals surface area contributed by atoms with Crippen molar-refractivity contribution in [2.24, 2.45) is 0 Å². The van der Waals surface area contributed by atoms with Crippen molar-refractivity contribution in [3.8, 4) is 0 Å². The van der Waals surface area contributed by atoms with Crippen LogP contribution in [0, 0.1) is 0 Å². The molecule has 86 valence electrons. The van der Waals surface area contributed by atoms with E-state index >= 15 is 0 Å². The van der Waals surface area contributed by atoms with Gasteiger partial charge in [-0.1, -0.05) is 0 Å². The first-order valence-corrected chi connectivity index (χ1v) is 5.44. The van der Waals surface area contributed by atoms with Crippen molar-refractivity contribution in [3.05, 3.63) is 0 Å². The fraction of sp³-hybridized carbons (Fsp3) is 0.800. The Morgan fingerprint density at radius 2 is 2.20 bits per heavy atom. The zero-order valence-corrected chi connectivity index (χ0v) is 10.1. The second kappa shape index (κ2) is 4.39. The third-order valence-electron chi connectivity index (χ3n) is 2.02. The van der Waals surface area contributed by atoms with E-state index in [9.17, 15) is 9.59 Å². The fourth-order valence-corrected chi connectivity index (χ4v) is 1.81. The van der Waals surface area contributed by atoms with E-state index in [0.29, 0.717) is 13.0 Å². The molecule has 1 aliphatic heterocycles. The van der Waals surface area contributed by atoms with Crippen LogP contribution < -0.4 is 5.32 Å². The fourth-order valence-electron chi connectivity index (χ4n) is 1.51. The minimum Gasteiger partial charge on any atom is -0.350 e. The number of carbonyl (C=O) groups excluding carboxylic acids is 2. The summed E-state index contributed by atoms with van der Waals surface area (Å²) in [6.07, 6.45) is 0.338. The molecule has 0 aromatic carbocycles. The van der Waals surface area contributed by atoms with Gasteiger partial charge in [-0.2, -0.15) is 0 Å². The van der Waals surface area contributed by atoms with Crippen LogP contribution in [-0.4, -0.2) is 40.7 Å². The van der Waals surface area contributed by atoms with Crippen molar-refractivity contribution in [2.75, 3.05) is 13.1 Å². The van der Waals surface area contributed by atoms with Gasteiger partial charge >= 0.3 is 0 Å². The third-order valence-corrected chi connectivity index (χ3v) is 2.31. The number of halogens is 1. The first-order chi connectivity index (χ1) is 6.78. The second-order valence-electron chi connectivity index (χ2n) is 4.87. The summed E-state index contributed by atoms with van der Waals surface area (Å²) >= 11 is 5.82. The molecule has 4 nitrogen and oxygen atoms in total. The van der Waals surface area contributed by atoms with Gasteiger partial charge in [0.2, 0.25) is 11.8 Å². The molecule has 1 rings (SSSR count). The Labute approximate surface area is 95.0 Å². The number of nitrogens with zero attached hydrogens (tertiary/aromatic N) is 1. The Bertz CT molecular complexity index is 273. The van der Waals surface area contributed by atoms with Crippen LogP contribution >= 0.6 is 11.6 Å². The van der Waals surface area contributed by atoms with Crippen LogP contribution in [0.1, 0.15) is 27.2 Å². The molecule has 5 heteroatoms. The maximum Gasteiger partial charge on any atom is 0.240 e. The van der Waals surface area contributed by atoms with Crippen LogP contribution in [0.25, 0.3) is 0 Å². The predicted octanol–water partition coefficient (Wildman–Crippen LogP) is 0.741. The standard InChI is InChI=1S/C10H17ClN2O2/c1-10(2,3)12-8(14)6-13-5-7(11)4-9(13)15/h7H,4-6H2,1-3H3,(H,12,14). The van der Waals surface area contributed by atoms with Gasteiger partial charge in [0, 0.05) is 18.5 Å². The molecule has 1 fully saturated rings. The Morgan fingerprint density at radius 3 is 2.60 bits per heavy atom. The van der Waals surface area contributed by atoms with Gasteiger partial charge in [-0.25, -0.2) is 0 Å². The van der Waals surface area contributed by atoms with Gasteiger partial charge in [0.25, 0.3) is 0 Å². The molecule has 1 saturated heterocycles. The summed E-state index contributed by atoms with van der Waals surface area (Å²) in [7, 11) is 0. The lowest BCUT2D eigenvalue weighted by Crippen LogP contribution is -2.46. The largest absolute Gasteiger partial charge is 0.350 e. The second-order valence-corrected chi connectivity index (χ2v) is 5.49. The summed E-state index contributed by atoms with van der Waals surface area (Å²) in [6.45, 7) is 6.29. The van der Waals surface area contributed by atoms with E-state index in [1.807, 2.05) is 20.8 Å². The molecule has 0 aromatic heterocycles. The van der Waals surface area contributed by atoms with E-state index in [2.05, 4.69) is 5.32 Å². The maximum absolute atomic E-state index is 11.5. The van der Waals surface area contributed by atoms with Crippen molar-refractivity contribution >= 4 is 23.4 Å². The molecule has 0 radical (unpaired) electrons. The first kappa shape index (κ1) is 12.3. The van der Waals surface area contributed by atoms with E-state index in [1.54, 1.807) is 0 Å². The van der Waals surface area contributed by atoms with Gasteiger partial charge in [-0.3, -0.25) is 9.59 Å². The third kappa shape index (κ3) is 4.08. The van der Waals surface area contributed by atoms with Gasteiger partial charge in [0.15, 0.2) is 0 Å². The van der Waals surface area contributed by atoms with Crippen molar-refractivity contribution in [1.82, 2.24) is 10.2 Å². The molecule has 1 aliphatic rings. The Hall–Kier alpha value is -0.770. The summed E-state index contributed by atoms with van der Waals surface area (Å²) < 4.78 is 0. The van der Waals surface area contributed by atoms with Crippen molar-refractivity contribution in [2.45, 2.75) is 38.1 Å². The van der Waals surface area contributed by atoms with Gasteiger partial charge in [0.1, 0.15) is 0 Å². The lowest BCUT2D eigenvalue weighted by molar-refractivity contribution is -0.133. The zero-order valence-electron chi connectivity index (χ0n) is 9.34. The maximum atomic E-state index is 11.5. The minimum atomic E-state index is -0.264. The smallest absolute Gasteiger partial charge is 0.240 e. The molecule has 1 N–H and O–H groups in total. The van der Waals surface area contributed by atoms with Gasteiger partial charge in [0.05, 0.1) is 11.9 Å². The molecular formula is C10H17ClN2O2. The Morgan fingerprint density at radius 1 is 1.60 bits per heavy atom. The SMILES string of the molecule is CC(C)(C)NC(=O)CN1CC(Cl)CC1=O. The van der Waals surface area contributed by atoms with Crippen molar-refractivity contribution in [1.29, 1.82) is 0 Å². The number of nitrogens with one attached hydrogen (secondary N) is 1. The lowest BCUT2D eigenvalue weighted by Gasteiger charge is -2.23. The number of amides is 2. The molecule has 1 heterocycles. The topological polar surface area (TPSA) is 49.4 Å². The summed E-state index contributed by atoms with van der Waals surface area (Å²) in [5, 5.41) is 2.65. The van der Waals surface area contributed by atoms with E-state index in [-0.39, 0.29) is 29.3 Å². The number of hydrogen-bond acceptors (Lipinski definition) is 2. The van der Waals surface area contributed by atoms with Gasteiger partial charge in [-0.05, 0) is 20.8 Å². The first-order valence-electron chi connectivity index (χ1n) is 5.01. The van der Waals surface area contributed by atoms with Crippen LogP contribution in [-0.2, 0) is 9.59 Å². The highest BCUT2D eigenvalue weighted by Crippen LogP contribution is 2.15. The molecular weight excluding hydrogens is 216 g/mol. The number of alkyl halides is 1. The molecule has 1 atom stereocenters. The number of rotatable bonds is 2. The van der Waals surface area contributed by atoms with E-state index in [1.165, 1.54) is 4.90 Å². The quantitative estimate of drug-likeness (QED) is 0.714.